The average Bonchev–Trinajstić information content (AvgIpc) is 2.95. The van der Waals surface area contributed by atoms with Crippen molar-refractivity contribution in [3.63, 3.8) is 0 Å². The molecule has 3 atom stereocenters. The fraction of sp³-hybridized carbons (Fsp3) is 0.941. The highest BCUT2D eigenvalue weighted by molar-refractivity contribution is 5.85. The molecule has 3 unspecified atom stereocenters. The van der Waals surface area contributed by atoms with Crippen molar-refractivity contribution < 1.29 is 4.79 Å². The van der Waals surface area contributed by atoms with Crippen molar-refractivity contribution in [1.29, 1.82) is 0 Å². The quantitative estimate of drug-likeness (QED) is 0.833. The maximum Gasteiger partial charge on any atom is 0.237 e. The van der Waals surface area contributed by atoms with Gasteiger partial charge in [-0.2, -0.15) is 0 Å². The summed E-state index contributed by atoms with van der Waals surface area (Å²) >= 11 is 0. The van der Waals surface area contributed by atoms with Gasteiger partial charge in [0.15, 0.2) is 0 Å². The molecular formula is C17H32ClN3O. The molecular weight excluding hydrogens is 298 g/mol. The molecule has 3 N–H and O–H groups in total. The largest absolute Gasteiger partial charge is 0.352 e. The molecule has 1 amide bonds. The monoisotopic (exact) mass is 329 g/mol. The zero-order valence-corrected chi connectivity index (χ0v) is 14.5. The van der Waals surface area contributed by atoms with Crippen molar-refractivity contribution in [1.82, 2.24) is 10.2 Å². The third kappa shape index (κ3) is 4.59. The highest BCUT2D eigenvalue weighted by Crippen LogP contribution is 2.28. The molecule has 3 fully saturated rings. The van der Waals surface area contributed by atoms with E-state index in [2.05, 4.69) is 10.2 Å². The second kappa shape index (κ2) is 8.51. The summed E-state index contributed by atoms with van der Waals surface area (Å²) in [6.45, 7) is 2.40. The zero-order valence-electron chi connectivity index (χ0n) is 13.6. The van der Waals surface area contributed by atoms with Crippen LogP contribution in [0, 0.1) is 5.92 Å². The van der Waals surface area contributed by atoms with Crippen molar-refractivity contribution in [3.8, 4) is 0 Å². The number of hydrogen-bond donors (Lipinski definition) is 2. The van der Waals surface area contributed by atoms with E-state index in [0.717, 1.165) is 25.8 Å². The molecule has 1 aliphatic carbocycles. The van der Waals surface area contributed by atoms with Gasteiger partial charge in [-0.15, -0.1) is 12.4 Å². The number of carbonyl (C=O) groups excluding carboxylic acids is 1. The van der Waals surface area contributed by atoms with Crippen molar-refractivity contribution in [2.45, 2.75) is 82.3 Å². The molecule has 4 nitrogen and oxygen atoms in total. The second-order valence-electron chi connectivity index (χ2n) is 7.41. The number of nitrogens with two attached hydrogens (primary N) is 1. The Hall–Kier alpha value is -0.320. The lowest BCUT2D eigenvalue weighted by molar-refractivity contribution is -0.123. The normalized spacial score (nSPS) is 31.1. The van der Waals surface area contributed by atoms with Crippen molar-refractivity contribution in [3.05, 3.63) is 0 Å². The number of amides is 1. The molecule has 22 heavy (non-hydrogen) atoms. The Morgan fingerprint density at radius 3 is 2.64 bits per heavy atom. The lowest BCUT2D eigenvalue weighted by Crippen LogP contribution is -2.51. The van der Waals surface area contributed by atoms with Crippen molar-refractivity contribution >= 4 is 18.3 Å². The van der Waals surface area contributed by atoms with Gasteiger partial charge in [-0.25, -0.2) is 0 Å². The fourth-order valence-corrected chi connectivity index (χ4v) is 4.55. The summed E-state index contributed by atoms with van der Waals surface area (Å²) in [5.74, 6) is 0.771. The van der Waals surface area contributed by atoms with E-state index in [0.29, 0.717) is 18.0 Å². The Balaban J connectivity index is 0.00000176. The molecule has 0 bridgehead atoms. The molecule has 0 radical (unpaired) electrons. The molecule has 2 heterocycles. The number of rotatable bonds is 4. The Morgan fingerprint density at radius 1 is 1.09 bits per heavy atom. The number of nitrogens with zero attached hydrogens (tertiary/aromatic N) is 1. The van der Waals surface area contributed by atoms with Crippen LogP contribution < -0.4 is 11.1 Å². The third-order valence-corrected chi connectivity index (χ3v) is 5.82. The van der Waals surface area contributed by atoms with Crippen molar-refractivity contribution in [2.24, 2.45) is 11.7 Å². The van der Waals surface area contributed by atoms with Crippen LogP contribution in [0.3, 0.4) is 0 Å². The van der Waals surface area contributed by atoms with Crippen molar-refractivity contribution in [2.75, 3.05) is 13.1 Å². The lowest BCUT2D eigenvalue weighted by atomic mass is 9.84. The molecule has 0 aromatic rings. The van der Waals surface area contributed by atoms with Gasteiger partial charge in [0.2, 0.25) is 5.91 Å². The van der Waals surface area contributed by atoms with Crippen LogP contribution in [0.5, 0.6) is 0 Å². The Morgan fingerprint density at radius 2 is 1.86 bits per heavy atom. The van der Waals surface area contributed by atoms with E-state index in [1.807, 2.05) is 0 Å². The highest BCUT2D eigenvalue weighted by atomic mass is 35.5. The van der Waals surface area contributed by atoms with E-state index < -0.39 is 0 Å². The van der Waals surface area contributed by atoms with E-state index in [9.17, 15) is 4.79 Å². The van der Waals surface area contributed by atoms with Crippen LogP contribution in [0.25, 0.3) is 0 Å². The van der Waals surface area contributed by atoms with Gasteiger partial charge in [-0.1, -0.05) is 32.1 Å². The fourth-order valence-electron chi connectivity index (χ4n) is 4.55. The van der Waals surface area contributed by atoms with Crippen LogP contribution in [-0.4, -0.2) is 42.0 Å². The van der Waals surface area contributed by atoms with E-state index in [4.69, 9.17) is 5.73 Å². The molecule has 0 spiro atoms. The molecule has 2 aliphatic heterocycles. The van der Waals surface area contributed by atoms with Gasteiger partial charge >= 0.3 is 0 Å². The van der Waals surface area contributed by atoms with Gasteiger partial charge in [-0.3, -0.25) is 4.79 Å². The van der Waals surface area contributed by atoms with Crippen LogP contribution in [0.15, 0.2) is 0 Å². The molecule has 3 rings (SSSR count). The summed E-state index contributed by atoms with van der Waals surface area (Å²) < 4.78 is 0. The van der Waals surface area contributed by atoms with Gasteiger partial charge in [0, 0.05) is 18.6 Å². The molecule has 0 aromatic heterocycles. The SMILES string of the molecule is Cl.NC(CC1CCCCC1)C(=O)NC1CCN2CCCC2C1. The third-order valence-electron chi connectivity index (χ3n) is 5.82. The van der Waals surface area contributed by atoms with E-state index >= 15 is 0 Å². The standard InChI is InChI=1S/C17H31N3O.ClH/c18-16(11-13-5-2-1-3-6-13)17(21)19-14-8-10-20-9-4-7-15(20)12-14;/h13-16H,1-12,18H2,(H,19,21);1H. The van der Waals surface area contributed by atoms with Gasteiger partial charge < -0.3 is 16.0 Å². The summed E-state index contributed by atoms with van der Waals surface area (Å²) in [4.78, 5) is 14.9. The number of carbonyl (C=O) groups is 1. The lowest BCUT2D eigenvalue weighted by Gasteiger charge is -2.35. The number of halogens is 1. The van der Waals surface area contributed by atoms with Crippen LogP contribution in [-0.2, 0) is 4.79 Å². The Labute approximate surface area is 141 Å². The summed E-state index contributed by atoms with van der Waals surface area (Å²) in [6.07, 6.45) is 12.3. The van der Waals surface area contributed by atoms with E-state index in [-0.39, 0.29) is 24.4 Å². The Bertz CT molecular complexity index is 360. The van der Waals surface area contributed by atoms with Gasteiger partial charge in [0.1, 0.15) is 0 Å². The van der Waals surface area contributed by atoms with Crippen LogP contribution in [0.2, 0.25) is 0 Å². The molecule has 3 aliphatic rings. The molecule has 0 aromatic carbocycles. The summed E-state index contributed by atoms with van der Waals surface area (Å²) in [6, 6.07) is 0.766. The second-order valence-corrected chi connectivity index (χ2v) is 7.41. The number of nitrogens with one attached hydrogen (secondary N) is 1. The maximum absolute atomic E-state index is 12.3. The smallest absolute Gasteiger partial charge is 0.237 e. The molecule has 2 saturated heterocycles. The number of fused-ring (bicyclic) bond motifs is 1. The summed E-state index contributed by atoms with van der Waals surface area (Å²) in [7, 11) is 0. The van der Waals surface area contributed by atoms with Gasteiger partial charge in [0.25, 0.3) is 0 Å². The van der Waals surface area contributed by atoms with Crippen LogP contribution in [0.1, 0.15) is 64.2 Å². The van der Waals surface area contributed by atoms with E-state index in [1.54, 1.807) is 0 Å². The molecule has 5 heteroatoms. The first-order chi connectivity index (χ1) is 10.2. The zero-order chi connectivity index (χ0) is 14.7. The first-order valence-electron chi connectivity index (χ1n) is 9.02. The summed E-state index contributed by atoms with van der Waals surface area (Å²) in [5, 5.41) is 3.23. The van der Waals surface area contributed by atoms with Crippen LogP contribution in [0.4, 0.5) is 0 Å². The minimum Gasteiger partial charge on any atom is -0.352 e. The van der Waals surface area contributed by atoms with Gasteiger partial charge in [-0.05, 0) is 44.6 Å². The minimum atomic E-state index is -0.297. The Kier molecular flexibility index (Phi) is 6.97. The first-order valence-corrected chi connectivity index (χ1v) is 9.02. The summed E-state index contributed by atoms with van der Waals surface area (Å²) in [5.41, 5.74) is 6.15. The number of piperidine rings is 1. The first kappa shape index (κ1) is 18.0. The van der Waals surface area contributed by atoms with Crippen LogP contribution >= 0.6 is 12.4 Å². The topological polar surface area (TPSA) is 58.4 Å². The predicted octanol–water partition coefficient (Wildman–Crippen LogP) is 2.45. The predicted molar refractivity (Wildman–Crippen MR) is 92.2 cm³/mol. The maximum atomic E-state index is 12.3. The minimum absolute atomic E-state index is 0. The van der Waals surface area contributed by atoms with Gasteiger partial charge in [0.05, 0.1) is 6.04 Å². The molecule has 128 valence electrons. The van der Waals surface area contributed by atoms with E-state index in [1.165, 1.54) is 51.5 Å². The highest BCUT2D eigenvalue weighted by Gasteiger charge is 2.33. The molecule has 1 saturated carbocycles. The number of hydrogen-bond acceptors (Lipinski definition) is 3. The average molecular weight is 330 g/mol.